The van der Waals surface area contributed by atoms with Crippen LogP contribution in [0, 0.1) is 11.7 Å². The number of benzene rings is 2. The van der Waals surface area contributed by atoms with Gasteiger partial charge >= 0.3 is 5.97 Å². The van der Waals surface area contributed by atoms with Crippen LogP contribution in [0.15, 0.2) is 54.6 Å². The predicted octanol–water partition coefficient (Wildman–Crippen LogP) is 3.96. The van der Waals surface area contributed by atoms with Crippen LogP contribution in [0.2, 0.25) is 0 Å². The van der Waals surface area contributed by atoms with E-state index >= 15 is 0 Å². The molecular formula is C23H26FNO3. The first-order chi connectivity index (χ1) is 13.6. The Kier molecular flexibility index (Phi) is 5.47. The summed E-state index contributed by atoms with van der Waals surface area (Å²) in [5.74, 6) is -0.811. The number of halogens is 1. The molecule has 0 spiro atoms. The third-order valence-electron chi connectivity index (χ3n) is 6.27. The molecule has 148 valence electrons. The van der Waals surface area contributed by atoms with Crippen molar-refractivity contribution in [2.45, 2.75) is 43.6 Å². The average molecular weight is 383 g/mol. The van der Waals surface area contributed by atoms with Crippen molar-refractivity contribution in [1.29, 1.82) is 0 Å². The molecule has 5 atom stereocenters. The van der Waals surface area contributed by atoms with Crippen LogP contribution in [0.4, 0.5) is 4.39 Å². The van der Waals surface area contributed by atoms with E-state index in [2.05, 4.69) is 11.9 Å². The minimum atomic E-state index is -0.359. The Bertz CT molecular complexity index is 810. The number of nitrogens with zero attached hydrogens (tertiary/aromatic N) is 1. The van der Waals surface area contributed by atoms with E-state index in [1.54, 1.807) is 12.1 Å². The fourth-order valence-corrected chi connectivity index (χ4v) is 4.80. The fraction of sp³-hybridized carbons (Fsp3) is 0.435. The van der Waals surface area contributed by atoms with Crippen LogP contribution in [0.5, 0.6) is 0 Å². The summed E-state index contributed by atoms with van der Waals surface area (Å²) in [6.07, 6.45) is 2.24. The van der Waals surface area contributed by atoms with Crippen molar-refractivity contribution in [3.8, 4) is 0 Å². The number of methoxy groups -OCH3 is 1. The van der Waals surface area contributed by atoms with Crippen LogP contribution in [0.3, 0.4) is 0 Å². The number of rotatable bonds is 5. The van der Waals surface area contributed by atoms with Crippen LogP contribution in [-0.4, -0.2) is 43.2 Å². The summed E-state index contributed by atoms with van der Waals surface area (Å²) in [5.41, 5.74) is 1.87. The highest BCUT2D eigenvalue weighted by Crippen LogP contribution is 2.42. The second-order valence-electron chi connectivity index (χ2n) is 7.77. The predicted molar refractivity (Wildman–Crippen MR) is 104 cm³/mol. The van der Waals surface area contributed by atoms with Gasteiger partial charge in [-0.25, -0.2) is 4.39 Å². The van der Waals surface area contributed by atoms with Gasteiger partial charge in [0.1, 0.15) is 11.9 Å². The van der Waals surface area contributed by atoms with E-state index in [-0.39, 0.29) is 36.0 Å². The van der Waals surface area contributed by atoms with Gasteiger partial charge in [-0.3, -0.25) is 9.69 Å². The van der Waals surface area contributed by atoms with Crippen molar-refractivity contribution >= 4 is 5.97 Å². The Morgan fingerprint density at radius 2 is 1.75 bits per heavy atom. The maximum absolute atomic E-state index is 13.5. The third-order valence-corrected chi connectivity index (χ3v) is 6.27. The van der Waals surface area contributed by atoms with Crippen molar-refractivity contribution in [3.05, 3.63) is 71.5 Å². The quantitative estimate of drug-likeness (QED) is 0.733. The number of ether oxygens (including phenoxy) is 2. The molecule has 2 saturated heterocycles. The van der Waals surface area contributed by atoms with Gasteiger partial charge in [0.15, 0.2) is 0 Å². The Hall–Kier alpha value is -2.24. The number of piperidine rings is 1. The van der Waals surface area contributed by atoms with Gasteiger partial charge in [0.05, 0.1) is 19.1 Å². The molecule has 28 heavy (non-hydrogen) atoms. The molecule has 2 aliphatic heterocycles. The van der Waals surface area contributed by atoms with Gasteiger partial charge in [-0.05, 0) is 49.6 Å². The lowest BCUT2D eigenvalue weighted by Gasteiger charge is -2.42. The molecule has 2 aromatic rings. The summed E-state index contributed by atoms with van der Waals surface area (Å²) >= 11 is 0. The fourth-order valence-electron chi connectivity index (χ4n) is 4.80. The van der Waals surface area contributed by atoms with E-state index in [4.69, 9.17) is 9.47 Å². The molecule has 2 aromatic carbocycles. The maximum atomic E-state index is 13.5. The Morgan fingerprint density at radius 3 is 2.43 bits per heavy atom. The zero-order valence-electron chi connectivity index (χ0n) is 16.3. The van der Waals surface area contributed by atoms with Gasteiger partial charge in [0.25, 0.3) is 0 Å². The molecule has 5 heteroatoms. The molecule has 0 aromatic heterocycles. The first-order valence-corrected chi connectivity index (χ1v) is 9.84. The lowest BCUT2D eigenvalue weighted by molar-refractivity contribution is -0.162. The monoisotopic (exact) mass is 383 g/mol. The van der Waals surface area contributed by atoms with Gasteiger partial charge in [-0.1, -0.05) is 42.5 Å². The van der Waals surface area contributed by atoms with Crippen molar-refractivity contribution in [3.63, 3.8) is 0 Å². The number of hydrogen-bond acceptors (Lipinski definition) is 4. The summed E-state index contributed by atoms with van der Waals surface area (Å²) in [6.45, 7) is 0. The smallest absolute Gasteiger partial charge is 0.312 e. The van der Waals surface area contributed by atoms with Crippen molar-refractivity contribution in [1.82, 2.24) is 4.90 Å². The van der Waals surface area contributed by atoms with Gasteiger partial charge in [-0.2, -0.15) is 0 Å². The summed E-state index contributed by atoms with van der Waals surface area (Å²) in [7, 11) is 3.53. The van der Waals surface area contributed by atoms with E-state index < -0.39 is 0 Å². The van der Waals surface area contributed by atoms with E-state index in [9.17, 15) is 9.18 Å². The Balaban J connectivity index is 1.67. The van der Waals surface area contributed by atoms with Crippen LogP contribution in [-0.2, 0) is 14.3 Å². The maximum Gasteiger partial charge on any atom is 0.312 e. The van der Waals surface area contributed by atoms with Crippen molar-refractivity contribution in [2.24, 2.45) is 5.92 Å². The van der Waals surface area contributed by atoms with Gasteiger partial charge in [0, 0.05) is 12.1 Å². The van der Waals surface area contributed by atoms with Crippen LogP contribution >= 0.6 is 0 Å². The minimum absolute atomic E-state index is 0.140. The molecular weight excluding hydrogens is 357 g/mol. The first-order valence-electron chi connectivity index (χ1n) is 9.84. The summed E-state index contributed by atoms with van der Waals surface area (Å²) in [6, 6.07) is 16.9. The molecule has 0 amide bonds. The number of carbonyl (C=O) groups is 1. The van der Waals surface area contributed by atoms with E-state index in [1.165, 1.54) is 19.2 Å². The van der Waals surface area contributed by atoms with Gasteiger partial charge in [0.2, 0.25) is 0 Å². The summed E-state index contributed by atoms with van der Waals surface area (Å²) in [4.78, 5) is 14.9. The number of hydrogen-bond donors (Lipinski definition) is 0. The molecule has 2 heterocycles. The molecule has 2 fully saturated rings. The number of fused-ring (bicyclic) bond motifs is 2. The van der Waals surface area contributed by atoms with Crippen LogP contribution in [0.1, 0.15) is 36.5 Å². The SMILES string of the molecule is COC(=O)[C@@H]1[C@@H](OC(c2ccccc2)c2ccc(F)cc2)C[C@H]2CC[C@@H]1N2C. The molecule has 0 N–H and O–H groups in total. The lowest BCUT2D eigenvalue weighted by Crippen LogP contribution is -2.53. The second-order valence-corrected chi connectivity index (χ2v) is 7.77. The molecule has 4 rings (SSSR count). The van der Waals surface area contributed by atoms with E-state index in [0.717, 1.165) is 30.4 Å². The molecule has 0 radical (unpaired) electrons. The molecule has 2 bridgehead atoms. The first kappa shape index (κ1) is 19.1. The minimum Gasteiger partial charge on any atom is -0.469 e. The van der Waals surface area contributed by atoms with E-state index in [0.29, 0.717) is 6.04 Å². The highest BCUT2D eigenvalue weighted by Gasteiger charge is 2.50. The molecule has 4 nitrogen and oxygen atoms in total. The highest BCUT2D eigenvalue weighted by atomic mass is 19.1. The zero-order valence-corrected chi connectivity index (χ0v) is 16.3. The Labute approximate surface area is 165 Å². The molecule has 0 aliphatic carbocycles. The standard InChI is InChI=1S/C23H26FNO3/c1-25-18-12-13-19(25)21(23(26)27-2)20(14-18)28-22(15-6-4-3-5-7-15)16-8-10-17(24)11-9-16/h3-11,18-22H,12-14H2,1-2H3/t18-,19+,20+,21+,22?/m1/s1. The second kappa shape index (κ2) is 8.02. The topological polar surface area (TPSA) is 38.8 Å². The number of esters is 1. The Morgan fingerprint density at radius 1 is 1.07 bits per heavy atom. The van der Waals surface area contributed by atoms with Crippen LogP contribution in [0.25, 0.3) is 0 Å². The highest BCUT2D eigenvalue weighted by molar-refractivity contribution is 5.74. The molecule has 1 unspecified atom stereocenters. The third kappa shape index (κ3) is 3.56. The van der Waals surface area contributed by atoms with Gasteiger partial charge in [-0.15, -0.1) is 0 Å². The number of carbonyl (C=O) groups excluding carboxylic acids is 1. The molecule has 2 aliphatic rings. The molecule has 0 saturated carbocycles. The normalized spacial score (nSPS) is 28.1. The summed E-state index contributed by atoms with van der Waals surface area (Å²) in [5, 5.41) is 0. The average Bonchev–Trinajstić information content (AvgIpc) is 2.96. The lowest BCUT2D eigenvalue weighted by atomic mass is 9.87. The zero-order chi connectivity index (χ0) is 19.7. The van der Waals surface area contributed by atoms with Crippen LogP contribution < -0.4 is 0 Å². The van der Waals surface area contributed by atoms with E-state index in [1.807, 2.05) is 30.3 Å². The summed E-state index contributed by atoms with van der Waals surface area (Å²) < 4.78 is 25.2. The van der Waals surface area contributed by atoms with Crippen molar-refractivity contribution in [2.75, 3.05) is 14.2 Å². The van der Waals surface area contributed by atoms with Gasteiger partial charge < -0.3 is 9.47 Å². The largest absolute Gasteiger partial charge is 0.469 e. The van der Waals surface area contributed by atoms with Crippen molar-refractivity contribution < 1.29 is 18.7 Å².